The van der Waals surface area contributed by atoms with E-state index in [4.69, 9.17) is 0 Å². The Labute approximate surface area is 301 Å². The molecule has 1 spiro atoms. The molecule has 0 unspecified atom stereocenters. The third-order valence-corrected chi connectivity index (χ3v) is 13.2. The second-order valence-corrected chi connectivity index (χ2v) is 15.8. The van der Waals surface area contributed by atoms with Gasteiger partial charge in [0, 0.05) is 22.5 Å². The maximum atomic E-state index is 2.54. The lowest BCUT2D eigenvalue weighted by molar-refractivity contribution is -0.0399. The van der Waals surface area contributed by atoms with Gasteiger partial charge in [-0.1, -0.05) is 121 Å². The van der Waals surface area contributed by atoms with E-state index < -0.39 is 0 Å². The van der Waals surface area contributed by atoms with Crippen LogP contribution in [0.15, 0.2) is 164 Å². The maximum Gasteiger partial charge on any atom is 0.0468 e. The Balaban J connectivity index is 0.981. The quantitative estimate of drug-likeness (QED) is 0.178. The van der Waals surface area contributed by atoms with Crippen molar-refractivity contribution in [3.05, 3.63) is 175 Å². The Hall–Kier alpha value is -5.40. The van der Waals surface area contributed by atoms with Crippen molar-refractivity contribution < 1.29 is 0 Å². The van der Waals surface area contributed by atoms with Crippen molar-refractivity contribution in [3.63, 3.8) is 0 Å². The predicted molar refractivity (Wildman–Crippen MR) is 213 cm³/mol. The highest BCUT2D eigenvalue weighted by Gasteiger charge is 2.61. The Kier molecular flexibility index (Phi) is 6.50. The number of hydrogen-bond donors (Lipinski definition) is 0. The predicted octanol–water partition coefficient (Wildman–Crippen LogP) is 13.4. The summed E-state index contributed by atoms with van der Waals surface area (Å²) in [5, 5.41) is 2.50. The van der Waals surface area contributed by atoms with Gasteiger partial charge in [0.05, 0.1) is 0 Å². The summed E-state index contributed by atoms with van der Waals surface area (Å²) in [7, 11) is 0. The molecule has 5 aliphatic carbocycles. The summed E-state index contributed by atoms with van der Waals surface area (Å²) in [5.74, 6) is 3.51. The maximum absolute atomic E-state index is 2.54. The van der Waals surface area contributed by atoms with E-state index in [1.54, 1.807) is 11.1 Å². The van der Waals surface area contributed by atoms with Gasteiger partial charge in [0.1, 0.15) is 0 Å². The van der Waals surface area contributed by atoms with Gasteiger partial charge in [-0.15, -0.1) is 0 Å². The molecule has 51 heavy (non-hydrogen) atoms. The number of anilines is 3. The second-order valence-electron chi connectivity index (χ2n) is 15.8. The van der Waals surface area contributed by atoms with Crippen molar-refractivity contribution in [2.24, 2.45) is 23.7 Å². The molecule has 246 valence electrons. The lowest BCUT2D eigenvalue weighted by Gasteiger charge is -2.61. The van der Waals surface area contributed by atoms with Crippen LogP contribution in [0, 0.1) is 23.7 Å². The molecule has 0 saturated heterocycles. The van der Waals surface area contributed by atoms with Crippen LogP contribution in [0.4, 0.5) is 17.1 Å². The Morgan fingerprint density at radius 2 is 0.902 bits per heavy atom. The normalized spacial score (nSPS) is 23.8. The molecule has 0 heterocycles. The van der Waals surface area contributed by atoms with Crippen LogP contribution < -0.4 is 4.90 Å². The van der Waals surface area contributed by atoms with Crippen molar-refractivity contribution in [1.82, 2.24) is 0 Å². The lowest BCUT2D eigenvalue weighted by Crippen LogP contribution is -2.55. The molecule has 0 N–H and O–H groups in total. The summed E-state index contributed by atoms with van der Waals surface area (Å²) in [6.45, 7) is 0. The van der Waals surface area contributed by atoms with Crippen LogP contribution in [0.5, 0.6) is 0 Å². The molecule has 4 fully saturated rings. The first-order valence-corrected chi connectivity index (χ1v) is 19.0. The SMILES string of the molecule is c1ccc(-c2ccc(N(c3ccc(-c4ccc5c(c4)-c4ccccc4C54C5CC6CC(C5)CC4C6)cc3)c3ccc4ccccc4c3)cc2)cc1. The van der Waals surface area contributed by atoms with Crippen molar-refractivity contribution >= 4 is 27.8 Å². The molecule has 0 amide bonds. The average Bonchev–Trinajstić information content (AvgIpc) is 3.48. The van der Waals surface area contributed by atoms with E-state index in [1.165, 1.54) is 76.3 Å². The molecule has 7 aromatic rings. The molecule has 0 atom stereocenters. The van der Waals surface area contributed by atoms with Crippen LogP contribution in [-0.2, 0) is 5.41 Å². The van der Waals surface area contributed by atoms with E-state index in [-0.39, 0.29) is 5.41 Å². The molecule has 5 aliphatic rings. The van der Waals surface area contributed by atoms with Crippen LogP contribution in [0.1, 0.15) is 43.2 Å². The number of rotatable bonds is 5. The van der Waals surface area contributed by atoms with Crippen LogP contribution >= 0.6 is 0 Å². The zero-order chi connectivity index (χ0) is 33.5. The largest absolute Gasteiger partial charge is 0.310 e. The minimum absolute atomic E-state index is 0.220. The standard InChI is InChI=1S/C50H41N/c1-2-8-35(9-3-1)37-14-20-43(21-15-37)51(45-24-18-36-10-4-5-11-39(36)31-45)44-22-16-38(17-23-44)40-19-25-49-47(32-40)46-12-6-7-13-48(46)50(49)41-27-33-26-34(29-41)30-42(50)28-33/h1-25,31-34,41-42H,26-30H2. The van der Waals surface area contributed by atoms with E-state index in [9.17, 15) is 0 Å². The summed E-state index contributed by atoms with van der Waals surface area (Å²) < 4.78 is 0. The third-order valence-electron chi connectivity index (χ3n) is 13.2. The Bertz CT molecular complexity index is 2390. The monoisotopic (exact) mass is 655 g/mol. The molecule has 0 aliphatic heterocycles. The van der Waals surface area contributed by atoms with Crippen molar-refractivity contribution in [2.75, 3.05) is 4.90 Å². The molecule has 12 rings (SSSR count). The van der Waals surface area contributed by atoms with E-state index in [0.717, 1.165) is 40.7 Å². The summed E-state index contributed by atoms with van der Waals surface area (Å²) in [6, 6.07) is 61.2. The Morgan fingerprint density at radius 3 is 1.61 bits per heavy atom. The van der Waals surface area contributed by atoms with Gasteiger partial charge in [-0.2, -0.15) is 0 Å². The zero-order valence-corrected chi connectivity index (χ0v) is 28.9. The first-order valence-electron chi connectivity index (χ1n) is 19.0. The summed E-state index contributed by atoms with van der Waals surface area (Å²) in [6.07, 6.45) is 7.18. The molecule has 1 nitrogen and oxygen atoms in total. The lowest BCUT2D eigenvalue weighted by atomic mass is 9.43. The fourth-order valence-electron chi connectivity index (χ4n) is 11.3. The third kappa shape index (κ3) is 4.47. The molecule has 4 saturated carbocycles. The summed E-state index contributed by atoms with van der Waals surface area (Å²) >= 11 is 0. The van der Waals surface area contributed by atoms with Crippen LogP contribution in [-0.4, -0.2) is 0 Å². The highest BCUT2D eigenvalue weighted by Crippen LogP contribution is 2.69. The molecular formula is C50H41N. The van der Waals surface area contributed by atoms with Gasteiger partial charge in [-0.3, -0.25) is 0 Å². The molecule has 0 radical (unpaired) electrons. The van der Waals surface area contributed by atoms with Gasteiger partial charge in [0.15, 0.2) is 0 Å². The summed E-state index contributed by atoms with van der Waals surface area (Å²) in [5.41, 5.74) is 14.9. The minimum Gasteiger partial charge on any atom is -0.310 e. The van der Waals surface area contributed by atoms with E-state index >= 15 is 0 Å². The van der Waals surface area contributed by atoms with Gasteiger partial charge >= 0.3 is 0 Å². The van der Waals surface area contributed by atoms with Crippen LogP contribution in [0.25, 0.3) is 44.2 Å². The highest BCUT2D eigenvalue weighted by atomic mass is 15.1. The number of nitrogens with zero attached hydrogens (tertiary/aromatic N) is 1. The van der Waals surface area contributed by atoms with Crippen LogP contribution in [0.2, 0.25) is 0 Å². The van der Waals surface area contributed by atoms with Gasteiger partial charge in [-0.25, -0.2) is 0 Å². The van der Waals surface area contributed by atoms with Crippen LogP contribution in [0.3, 0.4) is 0 Å². The summed E-state index contributed by atoms with van der Waals surface area (Å²) in [4.78, 5) is 2.39. The molecular weight excluding hydrogens is 615 g/mol. The number of fused-ring (bicyclic) bond motifs is 4. The molecule has 7 aromatic carbocycles. The fraction of sp³-hybridized carbons (Fsp3) is 0.200. The molecule has 4 bridgehead atoms. The van der Waals surface area contributed by atoms with E-state index in [1.807, 2.05) is 0 Å². The second kappa shape index (κ2) is 11.3. The smallest absolute Gasteiger partial charge is 0.0468 e. The van der Waals surface area contributed by atoms with Crippen molar-refractivity contribution in [3.8, 4) is 33.4 Å². The molecule has 1 heteroatoms. The van der Waals surface area contributed by atoms with Gasteiger partial charge in [0.2, 0.25) is 0 Å². The van der Waals surface area contributed by atoms with Crippen molar-refractivity contribution in [1.29, 1.82) is 0 Å². The zero-order valence-electron chi connectivity index (χ0n) is 28.9. The first-order chi connectivity index (χ1) is 25.2. The molecule has 0 aromatic heterocycles. The highest BCUT2D eigenvalue weighted by molar-refractivity contribution is 5.90. The van der Waals surface area contributed by atoms with E-state index in [2.05, 4.69) is 169 Å². The first kappa shape index (κ1) is 29.3. The van der Waals surface area contributed by atoms with Gasteiger partial charge in [-0.05, 0) is 154 Å². The topological polar surface area (TPSA) is 3.24 Å². The van der Waals surface area contributed by atoms with E-state index in [0.29, 0.717) is 0 Å². The van der Waals surface area contributed by atoms with Crippen molar-refractivity contribution in [2.45, 2.75) is 37.5 Å². The average molecular weight is 656 g/mol. The minimum atomic E-state index is 0.220. The van der Waals surface area contributed by atoms with Gasteiger partial charge in [0.25, 0.3) is 0 Å². The van der Waals surface area contributed by atoms with Gasteiger partial charge < -0.3 is 4.90 Å². The number of hydrogen-bond acceptors (Lipinski definition) is 1. The fourth-order valence-corrected chi connectivity index (χ4v) is 11.3. The Morgan fingerprint density at radius 1 is 0.373 bits per heavy atom. The number of benzene rings is 7.